The smallest absolute Gasteiger partial charge is 0.0123 e. The summed E-state index contributed by atoms with van der Waals surface area (Å²) in [4.78, 5) is 0. The predicted molar refractivity (Wildman–Crippen MR) is 57.5 cm³/mol. The Morgan fingerprint density at radius 3 is 2.45 bits per heavy atom. The van der Waals surface area contributed by atoms with E-state index in [0.29, 0.717) is 0 Å². The third kappa shape index (κ3) is 2.79. The van der Waals surface area contributed by atoms with Crippen molar-refractivity contribution in [2.24, 2.45) is 0 Å². The average molecular weight is 229 g/mol. The molecule has 0 heterocycles. The molecule has 0 aromatic heterocycles. The highest BCUT2D eigenvalue weighted by atomic mass is 79.9. The first-order chi connectivity index (χ1) is 5.34. The second kappa shape index (κ2) is 4.73. The van der Waals surface area contributed by atoms with Crippen LogP contribution in [0.3, 0.4) is 0 Å². The van der Waals surface area contributed by atoms with Gasteiger partial charge in [-0.25, -0.2) is 0 Å². The maximum absolute atomic E-state index is 3.47. The Bertz CT molecular complexity index is 198. The molecule has 0 aliphatic carbocycles. The van der Waals surface area contributed by atoms with Crippen LogP contribution in [0.2, 0.25) is 0 Å². The van der Waals surface area contributed by atoms with E-state index in [-0.39, 0.29) is 0 Å². The van der Waals surface area contributed by atoms with Gasteiger partial charge in [0, 0.05) is 15.6 Å². The van der Waals surface area contributed by atoms with Gasteiger partial charge in [0.1, 0.15) is 0 Å². The van der Waals surface area contributed by atoms with E-state index in [0.717, 1.165) is 10.9 Å². The van der Waals surface area contributed by atoms with Gasteiger partial charge in [-0.15, -0.1) is 0 Å². The monoisotopic (exact) mass is 228 g/mol. The fourth-order valence-electron chi connectivity index (χ4n) is 1.11. The summed E-state index contributed by atoms with van der Waals surface area (Å²) in [5.74, 6) is 0. The molecular weight excluding hydrogens is 216 g/mol. The molecule has 0 saturated heterocycles. The van der Waals surface area contributed by atoms with Gasteiger partial charge in [0.15, 0.2) is 0 Å². The summed E-state index contributed by atoms with van der Waals surface area (Å²) in [5, 5.41) is 1.12. The van der Waals surface area contributed by atoms with Crippen molar-refractivity contribution >= 4 is 26.2 Å². The number of rotatable bonds is 3. The summed E-state index contributed by atoms with van der Waals surface area (Å²) < 4.78 is 0. The first kappa shape index (κ1) is 9.01. The van der Waals surface area contributed by atoms with Gasteiger partial charge in [-0.1, -0.05) is 46.3 Å². The van der Waals surface area contributed by atoms with Crippen LogP contribution in [0.1, 0.15) is 17.5 Å². The van der Waals surface area contributed by atoms with Crippen LogP contribution in [0.15, 0.2) is 30.3 Å². The van der Waals surface area contributed by atoms with Gasteiger partial charge in [0.25, 0.3) is 0 Å². The highest BCUT2D eigenvalue weighted by Gasteiger charge is 2.01. The molecule has 0 aliphatic heterocycles. The maximum Gasteiger partial charge on any atom is 0.0123 e. The Morgan fingerprint density at radius 2 is 1.91 bits per heavy atom. The highest BCUT2D eigenvalue weighted by Crippen LogP contribution is 2.15. The first-order valence-corrected chi connectivity index (χ1v) is 6.23. The van der Waals surface area contributed by atoms with Crippen LogP contribution in [0.25, 0.3) is 0 Å². The van der Waals surface area contributed by atoms with Gasteiger partial charge >= 0.3 is 0 Å². The summed E-state index contributed by atoms with van der Waals surface area (Å²) in [6, 6.07) is 10.8. The number of alkyl halides is 1. The quantitative estimate of drug-likeness (QED) is 0.548. The summed E-state index contributed by atoms with van der Waals surface area (Å²) in [6.45, 7) is 0. The van der Waals surface area contributed by atoms with Crippen LogP contribution in [-0.2, 0) is 0 Å². The summed E-state index contributed by atoms with van der Waals surface area (Å²) in [5.41, 5.74) is 2.31. The Balaban J connectivity index is 2.61. The molecule has 0 aliphatic rings. The van der Waals surface area contributed by atoms with Gasteiger partial charge < -0.3 is 0 Å². The lowest BCUT2D eigenvalue weighted by Gasteiger charge is -2.08. The van der Waals surface area contributed by atoms with E-state index >= 15 is 0 Å². The van der Waals surface area contributed by atoms with Crippen LogP contribution in [-0.4, -0.2) is 15.6 Å². The molecule has 2 heteroatoms. The summed E-state index contributed by atoms with van der Waals surface area (Å²) in [6.07, 6.45) is 1.27. The van der Waals surface area contributed by atoms with Gasteiger partial charge in [-0.3, -0.25) is 0 Å². The minimum absolute atomic E-state index is 0.815. The van der Waals surface area contributed by atoms with Crippen LogP contribution in [0.5, 0.6) is 0 Å². The van der Waals surface area contributed by atoms with Gasteiger partial charge in [0.05, 0.1) is 0 Å². The van der Waals surface area contributed by atoms with Crippen molar-refractivity contribution in [3.63, 3.8) is 0 Å². The Morgan fingerprint density at radius 1 is 1.27 bits per heavy atom. The standard InChI is InChI=1S/C9H13BrSi/c10-7-6-9(11)8-4-2-1-3-5-8/h1-5,9H,6-7H2,11H3. The van der Waals surface area contributed by atoms with Crippen molar-refractivity contribution in [1.82, 2.24) is 0 Å². The van der Waals surface area contributed by atoms with E-state index in [9.17, 15) is 0 Å². The van der Waals surface area contributed by atoms with Crippen molar-refractivity contribution in [2.45, 2.75) is 12.0 Å². The minimum atomic E-state index is 0.815. The van der Waals surface area contributed by atoms with E-state index in [4.69, 9.17) is 0 Å². The zero-order valence-electron chi connectivity index (χ0n) is 6.76. The lowest BCUT2D eigenvalue weighted by molar-refractivity contribution is 0.898. The van der Waals surface area contributed by atoms with Crippen LogP contribution in [0, 0.1) is 0 Å². The molecule has 0 radical (unpaired) electrons. The highest BCUT2D eigenvalue weighted by molar-refractivity contribution is 9.09. The average Bonchev–Trinajstić information content (AvgIpc) is 2.07. The predicted octanol–water partition coefficient (Wildman–Crippen LogP) is 1.88. The molecule has 0 nitrogen and oxygen atoms in total. The second-order valence-corrected chi connectivity index (χ2v) is 4.98. The zero-order chi connectivity index (χ0) is 8.10. The Hall–Kier alpha value is -0.0831. The molecular formula is C9H13BrSi. The molecule has 1 aromatic rings. The van der Waals surface area contributed by atoms with Gasteiger partial charge in [-0.05, 0) is 17.5 Å². The van der Waals surface area contributed by atoms with E-state index < -0.39 is 0 Å². The topological polar surface area (TPSA) is 0 Å². The molecule has 1 aromatic carbocycles. The zero-order valence-corrected chi connectivity index (χ0v) is 10.3. The number of hydrogen-bond donors (Lipinski definition) is 0. The molecule has 1 unspecified atom stereocenters. The van der Waals surface area contributed by atoms with Crippen molar-refractivity contribution in [2.75, 3.05) is 5.33 Å². The normalized spacial score (nSPS) is 13.2. The Kier molecular flexibility index (Phi) is 3.87. The van der Waals surface area contributed by atoms with Crippen molar-refractivity contribution in [3.05, 3.63) is 35.9 Å². The second-order valence-electron chi connectivity index (χ2n) is 2.79. The third-order valence-corrected chi connectivity index (χ3v) is 3.61. The SMILES string of the molecule is [SiH3]C(CCBr)c1ccccc1. The molecule has 11 heavy (non-hydrogen) atoms. The molecule has 1 rings (SSSR count). The number of benzene rings is 1. The van der Waals surface area contributed by atoms with Gasteiger partial charge in [0.2, 0.25) is 0 Å². The molecule has 0 bridgehead atoms. The van der Waals surface area contributed by atoms with Gasteiger partial charge in [-0.2, -0.15) is 0 Å². The van der Waals surface area contributed by atoms with Crippen molar-refractivity contribution < 1.29 is 0 Å². The summed E-state index contributed by atoms with van der Waals surface area (Å²) >= 11 is 3.47. The maximum atomic E-state index is 3.47. The van der Waals surface area contributed by atoms with E-state index in [1.165, 1.54) is 22.2 Å². The van der Waals surface area contributed by atoms with E-state index in [1.807, 2.05) is 0 Å². The molecule has 0 spiro atoms. The largest absolute Gasteiger partial charge is 0.0928 e. The molecule has 60 valence electrons. The molecule has 0 amide bonds. The van der Waals surface area contributed by atoms with Crippen LogP contribution >= 0.6 is 15.9 Å². The van der Waals surface area contributed by atoms with Crippen molar-refractivity contribution in [3.8, 4) is 0 Å². The fourth-order valence-corrected chi connectivity index (χ4v) is 3.32. The first-order valence-electron chi connectivity index (χ1n) is 3.95. The fraction of sp³-hybridized carbons (Fsp3) is 0.333. The molecule has 0 fully saturated rings. The van der Waals surface area contributed by atoms with Crippen molar-refractivity contribution in [1.29, 1.82) is 0 Å². The lowest BCUT2D eigenvalue weighted by atomic mass is 10.1. The Labute approximate surface area is 79.6 Å². The van der Waals surface area contributed by atoms with Crippen LogP contribution < -0.4 is 0 Å². The van der Waals surface area contributed by atoms with E-state index in [2.05, 4.69) is 46.3 Å². The van der Waals surface area contributed by atoms with Crippen LogP contribution in [0.4, 0.5) is 0 Å². The number of hydrogen-bond acceptors (Lipinski definition) is 0. The molecule has 0 N–H and O–H groups in total. The van der Waals surface area contributed by atoms with E-state index in [1.54, 1.807) is 0 Å². The molecule has 1 atom stereocenters. The number of halogens is 1. The lowest BCUT2D eigenvalue weighted by Crippen LogP contribution is -1.97. The molecule has 0 saturated carbocycles. The summed E-state index contributed by atoms with van der Waals surface area (Å²) in [7, 11) is 1.26. The third-order valence-electron chi connectivity index (χ3n) is 1.91. The minimum Gasteiger partial charge on any atom is -0.0928 e.